The summed E-state index contributed by atoms with van der Waals surface area (Å²) in [5.74, 6) is 0.700. The van der Waals surface area contributed by atoms with Gasteiger partial charge in [-0.2, -0.15) is 0 Å². The fourth-order valence-corrected chi connectivity index (χ4v) is 2.35. The highest BCUT2D eigenvalue weighted by molar-refractivity contribution is 5.97. The van der Waals surface area contributed by atoms with Gasteiger partial charge in [-0.1, -0.05) is 13.8 Å². The Morgan fingerprint density at radius 2 is 1.92 bits per heavy atom. The molecular formula is C17H19N5O3. The summed E-state index contributed by atoms with van der Waals surface area (Å²) < 4.78 is 6.94. The molecule has 0 fully saturated rings. The van der Waals surface area contributed by atoms with Crippen molar-refractivity contribution in [3.05, 3.63) is 52.2 Å². The summed E-state index contributed by atoms with van der Waals surface area (Å²) in [5, 5.41) is 11.2. The van der Waals surface area contributed by atoms with Crippen molar-refractivity contribution < 1.29 is 9.21 Å². The van der Waals surface area contributed by atoms with Gasteiger partial charge in [-0.25, -0.2) is 4.98 Å². The lowest BCUT2D eigenvalue weighted by Crippen LogP contribution is -2.27. The Kier molecular flexibility index (Phi) is 4.35. The molecule has 0 aliphatic heterocycles. The van der Waals surface area contributed by atoms with Gasteiger partial charge in [0.2, 0.25) is 11.8 Å². The summed E-state index contributed by atoms with van der Waals surface area (Å²) in [7, 11) is 1.63. The van der Waals surface area contributed by atoms with Gasteiger partial charge in [-0.05, 0) is 25.1 Å². The summed E-state index contributed by atoms with van der Waals surface area (Å²) in [4.78, 5) is 28.7. The predicted molar refractivity (Wildman–Crippen MR) is 91.3 cm³/mol. The topological polar surface area (TPSA) is 103 Å². The molecule has 1 atom stereocenters. The van der Waals surface area contributed by atoms with Gasteiger partial charge in [0, 0.05) is 18.5 Å². The molecule has 0 unspecified atom stereocenters. The van der Waals surface area contributed by atoms with Crippen molar-refractivity contribution in [1.29, 1.82) is 0 Å². The minimum Gasteiger partial charge on any atom is -0.423 e. The van der Waals surface area contributed by atoms with Crippen LogP contribution in [0.4, 0.5) is 0 Å². The number of amides is 1. The third-order valence-electron chi connectivity index (χ3n) is 3.85. The molecule has 0 spiro atoms. The van der Waals surface area contributed by atoms with E-state index in [0.717, 1.165) is 0 Å². The molecule has 25 heavy (non-hydrogen) atoms. The average Bonchev–Trinajstić information content (AvgIpc) is 3.08. The SMILES string of the molecule is CC(C)c1nnc([C@@H](C)NC(=O)c2ccc3c(=O)n(C)cnc3c2)o1. The number of fused-ring (bicyclic) bond motifs is 1. The lowest BCUT2D eigenvalue weighted by Gasteiger charge is -2.10. The fourth-order valence-electron chi connectivity index (χ4n) is 2.35. The van der Waals surface area contributed by atoms with E-state index in [2.05, 4.69) is 20.5 Å². The highest BCUT2D eigenvalue weighted by Crippen LogP contribution is 2.17. The predicted octanol–water partition coefficient (Wildman–Crippen LogP) is 1.93. The van der Waals surface area contributed by atoms with E-state index < -0.39 is 6.04 Å². The zero-order valence-electron chi connectivity index (χ0n) is 14.5. The summed E-state index contributed by atoms with van der Waals surface area (Å²) in [6.07, 6.45) is 1.43. The quantitative estimate of drug-likeness (QED) is 0.778. The highest BCUT2D eigenvalue weighted by atomic mass is 16.4. The summed E-state index contributed by atoms with van der Waals surface area (Å²) in [6.45, 7) is 5.67. The third-order valence-corrected chi connectivity index (χ3v) is 3.85. The number of hydrogen-bond donors (Lipinski definition) is 1. The number of carbonyl (C=O) groups is 1. The van der Waals surface area contributed by atoms with Gasteiger partial charge in [-0.15, -0.1) is 10.2 Å². The summed E-state index contributed by atoms with van der Waals surface area (Å²) >= 11 is 0. The lowest BCUT2D eigenvalue weighted by molar-refractivity contribution is 0.0934. The van der Waals surface area contributed by atoms with Crippen molar-refractivity contribution in [1.82, 2.24) is 25.1 Å². The Morgan fingerprint density at radius 3 is 2.60 bits per heavy atom. The third kappa shape index (κ3) is 3.28. The minimum absolute atomic E-state index is 0.123. The van der Waals surface area contributed by atoms with E-state index in [4.69, 9.17) is 4.42 Å². The van der Waals surface area contributed by atoms with Crippen LogP contribution >= 0.6 is 0 Å². The van der Waals surface area contributed by atoms with Crippen molar-refractivity contribution in [2.75, 3.05) is 0 Å². The van der Waals surface area contributed by atoms with Gasteiger partial charge >= 0.3 is 0 Å². The second kappa shape index (κ2) is 6.46. The largest absolute Gasteiger partial charge is 0.423 e. The first-order valence-electron chi connectivity index (χ1n) is 7.96. The number of rotatable bonds is 4. The molecular weight excluding hydrogens is 322 g/mol. The number of carbonyl (C=O) groups excluding carboxylic acids is 1. The molecule has 1 N–H and O–H groups in total. The molecule has 1 amide bonds. The Labute approximate surface area is 143 Å². The minimum atomic E-state index is -0.431. The van der Waals surface area contributed by atoms with Crippen LogP contribution in [0.2, 0.25) is 0 Å². The standard InChI is InChI=1S/C17H19N5O3/c1-9(2)15-20-21-16(25-15)10(3)19-14(23)11-5-6-12-13(7-11)18-8-22(4)17(12)24/h5-10H,1-4H3,(H,19,23)/t10-/m1/s1. The van der Waals surface area contributed by atoms with E-state index in [1.807, 2.05) is 13.8 Å². The van der Waals surface area contributed by atoms with E-state index >= 15 is 0 Å². The van der Waals surface area contributed by atoms with Crippen LogP contribution in [0.5, 0.6) is 0 Å². The molecule has 0 saturated carbocycles. The Bertz CT molecular complexity index is 989. The van der Waals surface area contributed by atoms with E-state index in [9.17, 15) is 9.59 Å². The summed E-state index contributed by atoms with van der Waals surface area (Å²) in [5.41, 5.74) is 0.726. The maximum Gasteiger partial charge on any atom is 0.260 e. The highest BCUT2D eigenvalue weighted by Gasteiger charge is 2.18. The lowest BCUT2D eigenvalue weighted by atomic mass is 10.1. The molecule has 0 saturated heterocycles. The zero-order chi connectivity index (χ0) is 18.1. The smallest absolute Gasteiger partial charge is 0.260 e. The van der Waals surface area contributed by atoms with Crippen molar-refractivity contribution in [2.24, 2.45) is 7.05 Å². The molecule has 3 aromatic rings. The van der Waals surface area contributed by atoms with Gasteiger partial charge in [0.1, 0.15) is 6.04 Å². The zero-order valence-corrected chi connectivity index (χ0v) is 14.5. The van der Waals surface area contributed by atoms with Crippen LogP contribution < -0.4 is 10.9 Å². The van der Waals surface area contributed by atoms with Crippen LogP contribution in [0.15, 0.2) is 33.7 Å². The van der Waals surface area contributed by atoms with Gasteiger partial charge in [0.25, 0.3) is 11.5 Å². The number of aromatic nitrogens is 4. The first kappa shape index (κ1) is 16.8. The Morgan fingerprint density at radius 1 is 1.20 bits per heavy atom. The molecule has 0 aliphatic carbocycles. The first-order valence-corrected chi connectivity index (χ1v) is 7.96. The normalized spacial score (nSPS) is 12.5. The molecule has 2 aromatic heterocycles. The van der Waals surface area contributed by atoms with E-state index in [1.54, 1.807) is 32.2 Å². The summed E-state index contributed by atoms with van der Waals surface area (Å²) in [6, 6.07) is 4.36. The molecule has 1 aromatic carbocycles. The second-order valence-electron chi connectivity index (χ2n) is 6.22. The van der Waals surface area contributed by atoms with Crippen LogP contribution in [0.3, 0.4) is 0 Å². The maximum atomic E-state index is 12.5. The Balaban J connectivity index is 1.81. The number of nitrogens with zero attached hydrogens (tertiary/aromatic N) is 4. The fraction of sp³-hybridized carbons (Fsp3) is 0.353. The number of benzene rings is 1. The van der Waals surface area contributed by atoms with Crippen LogP contribution in [-0.4, -0.2) is 25.7 Å². The molecule has 3 rings (SSSR count). The van der Waals surface area contributed by atoms with Crippen molar-refractivity contribution in [3.63, 3.8) is 0 Å². The van der Waals surface area contributed by atoms with Crippen LogP contribution in [0.1, 0.15) is 54.9 Å². The van der Waals surface area contributed by atoms with E-state index in [1.165, 1.54) is 10.9 Å². The van der Waals surface area contributed by atoms with Gasteiger partial charge in [0.05, 0.1) is 17.2 Å². The van der Waals surface area contributed by atoms with Crippen molar-refractivity contribution >= 4 is 16.8 Å². The molecule has 0 radical (unpaired) electrons. The van der Waals surface area contributed by atoms with Crippen LogP contribution in [-0.2, 0) is 7.05 Å². The monoisotopic (exact) mass is 341 g/mol. The first-order chi connectivity index (χ1) is 11.9. The van der Waals surface area contributed by atoms with Crippen LogP contribution in [0, 0.1) is 0 Å². The number of nitrogens with one attached hydrogen (secondary N) is 1. The van der Waals surface area contributed by atoms with Crippen molar-refractivity contribution in [2.45, 2.75) is 32.7 Å². The maximum absolute atomic E-state index is 12.5. The molecule has 2 heterocycles. The molecule has 8 nitrogen and oxygen atoms in total. The molecule has 8 heteroatoms. The van der Waals surface area contributed by atoms with E-state index in [0.29, 0.717) is 28.2 Å². The van der Waals surface area contributed by atoms with Gasteiger partial charge in [-0.3, -0.25) is 9.59 Å². The molecule has 0 aliphatic rings. The molecule has 130 valence electrons. The second-order valence-corrected chi connectivity index (χ2v) is 6.22. The Hall–Kier alpha value is -3.03. The molecule has 0 bridgehead atoms. The van der Waals surface area contributed by atoms with Crippen molar-refractivity contribution in [3.8, 4) is 0 Å². The van der Waals surface area contributed by atoms with Gasteiger partial charge < -0.3 is 14.3 Å². The average molecular weight is 341 g/mol. The number of aryl methyl sites for hydroxylation is 1. The van der Waals surface area contributed by atoms with E-state index in [-0.39, 0.29) is 17.4 Å². The number of hydrogen-bond acceptors (Lipinski definition) is 6. The van der Waals surface area contributed by atoms with Crippen LogP contribution in [0.25, 0.3) is 10.9 Å². The van der Waals surface area contributed by atoms with Gasteiger partial charge in [0.15, 0.2) is 0 Å².